The molecule has 4 heteroatoms. The molecule has 0 radical (unpaired) electrons. The van der Waals surface area contributed by atoms with Crippen molar-refractivity contribution in [3.05, 3.63) is 35.6 Å². The Morgan fingerprint density at radius 2 is 1.68 bits per heavy atom. The molecule has 3 N–H and O–H groups in total. The minimum atomic E-state index is -1.37. The maximum absolute atomic E-state index is 13.0. The lowest BCUT2D eigenvalue weighted by molar-refractivity contribution is -0.147. The third kappa shape index (κ3) is 2.95. The van der Waals surface area contributed by atoms with E-state index in [1.54, 1.807) is 26.0 Å². The maximum atomic E-state index is 13.0. The molecule has 0 fully saturated rings. The molecule has 0 aliphatic carbocycles. The molecule has 0 saturated heterocycles. The highest BCUT2D eigenvalue weighted by atomic mass is 19.1. The lowest BCUT2D eigenvalue weighted by Gasteiger charge is -2.39. The number of benzene rings is 1. The number of nitrogens with two attached hydrogens (primary N) is 1. The molecule has 0 aromatic heterocycles. The Morgan fingerprint density at radius 1 is 1.21 bits per heavy atom. The van der Waals surface area contributed by atoms with E-state index in [0.717, 1.165) is 5.56 Å². The molecule has 0 saturated carbocycles. The lowest BCUT2D eigenvalue weighted by Crippen LogP contribution is -2.58. The van der Waals surface area contributed by atoms with Gasteiger partial charge in [0.05, 0.1) is 0 Å². The smallest absolute Gasteiger partial charge is 0.324 e. The zero-order chi connectivity index (χ0) is 14.8. The van der Waals surface area contributed by atoms with Gasteiger partial charge in [-0.2, -0.15) is 0 Å². The van der Waals surface area contributed by atoms with E-state index in [9.17, 15) is 14.3 Å². The predicted molar refractivity (Wildman–Crippen MR) is 73.4 cm³/mol. The molecule has 1 rings (SSSR count). The van der Waals surface area contributed by atoms with Crippen LogP contribution in [-0.2, 0) is 4.79 Å². The minimum Gasteiger partial charge on any atom is -0.480 e. The fraction of sp³-hybridized carbons (Fsp3) is 0.533. The molecule has 0 bridgehead atoms. The van der Waals surface area contributed by atoms with Gasteiger partial charge in [-0.3, -0.25) is 4.79 Å². The summed E-state index contributed by atoms with van der Waals surface area (Å²) in [5, 5.41) is 9.54. The number of carboxylic acids is 1. The molecular weight excluding hydrogens is 245 g/mol. The van der Waals surface area contributed by atoms with E-state index in [0.29, 0.717) is 0 Å². The number of carbonyl (C=O) groups is 1. The van der Waals surface area contributed by atoms with Crippen LogP contribution >= 0.6 is 0 Å². The van der Waals surface area contributed by atoms with E-state index in [4.69, 9.17) is 5.73 Å². The Labute approximate surface area is 113 Å². The number of hydrogen-bond acceptors (Lipinski definition) is 2. The average Bonchev–Trinajstić information content (AvgIpc) is 2.30. The summed E-state index contributed by atoms with van der Waals surface area (Å²) in [6, 6.07) is 5.92. The molecule has 2 atom stereocenters. The van der Waals surface area contributed by atoms with Crippen molar-refractivity contribution in [2.75, 3.05) is 0 Å². The Morgan fingerprint density at radius 3 is 2.00 bits per heavy atom. The van der Waals surface area contributed by atoms with Gasteiger partial charge in [0.25, 0.3) is 0 Å². The van der Waals surface area contributed by atoms with Gasteiger partial charge in [-0.1, -0.05) is 39.8 Å². The second-order valence-electron chi connectivity index (χ2n) is 5.67. The first-order valence-electron chi connectivity index (χ1n) is 6.49. The first kappa shape index (κ1) is 15.6. The topological polar surface area (TPSA) is 63.3 Å². The van der Waals surface area contributed by atoms with Crippen LogP contribution < -0.4 is 5.73 Å². The second kappa shape index (κ2) is 5.70. The van der Waals surface area contributed by atoms with Crippen molar-refractivity contribution in [1.29, 1.82) is 0 Å². The van der Waals surface area contributed by atoms with Crippen LogP contribution in [0, 0.1) is 17.7 Å². The number of rotatable bonds is 5. The van der Waals surface area contributed by atoms with Gasteiger partial charge in [0.15, 0.2) is 0 Å². The first-order valence-corrected chi connectivity index (χ1v) is 6.49. The van der Waals surface area contributed by atoms with Crippen molar-refractivity contribution in [3.8, 4) is 0 Å². The van der Waals surface area contributed by atoms with Crippen molar-refractivity contribution < 1.29 is 14.3 Å². The Kier molecular flexibility index (Phi) is 4.69. The van der Waals surface area contributed by atoms with Gasteiger partial charge in [0.1, 0.15) is 11.4 Å². The van der Waals surface area contributed by atoms with E-state index in [1.165, 1.54) is 12.1 Å². The normalized spacial score (nSPS) is 16.4. The summed E-state index contributed by atoms with van der Waals surface area (Å²) >= 11 is 0. The van der Waals surface area contributed by atoms with Crippen molar-refractivity contribution in [3.63, 3.8) is 0 Å². The van der Waals surface area contributed by atoms with Crippen LogP contribution in [0.1, 0.15) is 39.2 Å². The van der Waals surface area contributed by atoms with E-state index in [-0.39, 0.29) is 23.6 Å². The molecule has 2 unspecified atom stereocenters. The Bertz CT molecular complexity index is 442. The Hall–Kier alpha value is -1.42. The molecule has 19 heavy (non-hydrogen) atoms. The minimum absolute atomic E-state index is 0.0361. The highest BCUT2D eigenvalue weighted by Gasteiger charge is 2.47. The Balaban J connectivity index is 3.34. The molecule has 0 aliphatic heterocycles. The summed E-state index contributed by atoms with van der Waals surface area (Å²) < 4.78 is 13.0. The number of halogens is 1. The van der Waals surface area contributed by atoms with Crippen LogP contribution in [0.15, 0.2) is 24.3 Å². The van der Waals surface area contributed by atoms with E-state index >= 15 is 0 Å². The monoisotopic (exact) mass is 267 g/mol. The van der Waals surface area contributed by atoms with Crippen LogP contribution in [0.2, 0.25) is 0 Å². The second-order valence-corrected chi connectivity index (χ2v) is 5.67. The molecule has 0 amide bonds. The van der Waals surface area contributed by atoms with Crippen LogP contribution in [0.3, 0.4) is 0 Å². The van der Waals surface area contributed by atoms with Gasteiger partial charge in [-0.15, -0.1) is 0 Å². The molecule has 1 aromatic carbocycles. The fourth-order valence-electron chi connectivity index (χ4n) is 2.62. The maximum Gasteiger partial charge on any atom is 0.324 e. The molecule has 0 aliphatic rings. The fourth-order valence-corrected chi connectivity index (χ4v) is 2.62. The number of carboxylic acid groups (broad SMARTS) is 1. The lowest BCUT2D eigenvalue weighted by atomic mass is 9.68. The summed E-state index contributed by atoms with van der Waals surface area (Å²) in [5.41, 5.74) is 5.60. The predicted octanol–water partition coefficient (Wildman–Crippen LogP) is 3.00. The molecule has 3 nitrogen and oxygen atoms in total. The zero-order valence-electron chi connectivity index (χ0n) is 11.9. The average molecular weight is 267 g/mol. The standard InChI is InChI=1S/C15H22FNO2/c1-9(2)13(11-5-7-12(16)8-6-11)15(17,10(3)4)14(18)19/h5-10,13H,17H2,1-4H3,(H,18,19). The summed E-state index contributed by atoms with van der Waals surface area (Å²) in [6.07, 6.45) is 0. The molecular formula is C15H22FNO2. The van der Waals surface area contributed by atoms with Crippen LogP contribution in [0.5, 0.6) is 0 Å². The molecule has 0 heterocycles. The molecule has 106 valence electrons. The summed E-state index contributed by atoms with van der Waals surface area (Å²) in [4.78, 5) is 11.6. The number of hydrogen-bond donors (Lipinski definition) is 2. The van der Waals surface area contributed by atoms with E-state index in [1.807, 2.05) is 13.8 Å². The van der Waals surface area contributed by atoms with Gasteiger partial charge in [-0.05, 0) is 29.5 Å². The van der Waals surface area contributed by atoms with Crippen LogP contribution in [0.25, 0.3) is 0 Å². The summed E-state index contributed by atoms with van der Waals surface area (Å²) in [6.45, 7) is 7.46. The van der Waals surface area contributed by atoms with Crippen molar-refractivity contribution >= 4 is 5.97 Å². The quantitative estimate of drug-likeness (QED) is 0.862. The van der Waals surface area contributed by atoms with Crippen molar-refractivity contribution in [2.24, 2.45) is 17.6 Å². The van der Waals surface area contributed by atoms with Gasteiger partial charge < -0.3 is 10.8 Å². The third-order valence-electron chi connectivity index (χ3n) is 3.74. The van der Waals surface area contributed by atoms with Gasteiger partial charge in [0.2, 0.25) is 0 Å². The number of aliphatic carboxylic acids is 1. The summed E-state index contributed by atoms with van der Waals surface area (Å²) in [5.74, 6) is -1.93. The van der Waals surface area contributed by atoms with Gasteiger partial charge >= 0.3 is 5.97 Å². The van der Waals surface area contributed by atoms with Crippen molar-refractivity contribution in [2.45, 2.75) is 39.2 Å². The van der Waals surface area contributed by atoms with E-state index < -0.39 is 11.5 Å². The van der Waals surface area contributed by atoms with Crippen LogP contribution in [0.4, 0.5) is 4.39 Å². The largest absolute Gasteiger partial charge is 0.480 e. The third-order valence-corrected chi connectivity index (χ3v) is 3.74. The molecule has 0 spiro atoms. The first-order chi connectivity index (χ1) is 8.71. The highest BCUT2D eigenvalue weighted by Crippen LogP contribution is 2.38. The molecule has 1 aromatic rings. The summed E-state index contributed by atoms with van der Waals surface area (Å²) in [7, 11) is 0. The zero-order valence-corrected chi connectivity index (χ0v) is 11.9. The van der Waals surface area contributed by atoms with Gasteiger partial charge in [-0.25, -0.2) is 4.39 Å². The SMILES string of the molecule is CC(C)C(c1ccc(F)cc1)C(N)(C(=O)O)C(C)C. The van der Waals surface area contributed by atoms with Crippen LogP contribution in [-0.4, -0.2) is 16.6 Å². The van der Waals surface area contributed by atoms with Crippen molar-refractivity contribution in [1.82, 2.24) is 0 Å². The highest BCUT2D eigenvalue weighted by molar-refractivity contribution is 5.80. The van der Waals surface area contributed by atoms with Gasteiger partial charge in [0, 0.05) is 5.92 Å². The van der Waals surface area contributed by atoms with E-state index in [2.05, 4.69) is 0 Å².